The van der Waals surface area contributed by atoms with Crippen molar-refractivity contribution < 1.29 is 9.90 Å². The molecule has 0 bridgehead atoms. The number of carbonyl (C=O) groups is 1. The molecule has 0 spiro atoms. The number of alkyl halides is 1. The van der Waals surface area contributed by atoms with Crippen LogP contribution in [0.4, 0.5) is 0 Å². The van der Waals surface area contributed by atoms with Crippen LogP contribution in [0.5, 0.6) is 5.75 Å². The lowest BCUT2D eigenvalue weighted by atomic mass is 9.99. The van der Waals surface area contributed by atoms with E-state index in [1.807, 2.05) is 0 Å². The van der Waals surface area contributed by atoms with Crippen molar-refractivity contribution in [3.8, 4) is 5.75 Å². The lowest BCUT2D eigenvalue weighted by molar-refractivity contribution is 0.0951. The first kappa shape index (κ1) is 16.0. The summed E-state index contributed by atoms with van der Waals surface area (Å²) in [5.41, 5.74) is 1.15. The van der Waals surface area contributed by atoms with Crippen molar-refractivity contribution >= 4 is 21.8 Å². The molecule has 0 fully saturated rings. The predicted octanol–water partition coefficient (Wildman–Crippen LogP) is 3.63. The van der Waals surface area contributed by atoms with Gasteiger partial charge in [-0.25, -0.2) is 0 Å². The van der Waals surface area contributed by atoms with Gasteiger partial charge in [0.15, 0.2) is 0 Å². The van der Waals surface area contributed by atoms with E-state index in [1.165, 1.54) is 0 Å². The van der Waals surface area contributed by atoms with Crippen molar-refractivity contribution in [1.29, 1.82) is 0 Å². The predicted molar refractivity (Wildman–Crippen MR) is 82.0 cm³/mol. The van der Waals surface area contributed by atoms with Crippen molar-refractivity contribution in [1.82, 2.24) is 5.32 Å². The van der Waals surface area contributed by atoms with Crippen LogP contribution in [0.25, 0.3) is 0 Å². The fourth-order valence-electron chi connectivity index (χ4n) is 2.12. The second kappa shape index (κ2) is 7.53. The Kier molecular flexibility index (Phi) is 6.35. The third kappa shape index (κ3) is 4.23. The van der Waals surface area contributed by atoms with Gasteiger partial charge in [0.1, 0.15) is 5.75 Å². The van der Waals surface area contributed by atoms with Gasteiger partial charge in [0, 0.05) is 22.5 Å². The van der Waals surface area contributed by atoms with Crippen LogP contribution in [-0.4, -0.2) is 22.4 Å². The zero-order valence-electron chi connectivity index (χ0n) is 11.7. The Hall–Kier alpha value is -1.03. The zero-order chi connectivity index (χ0) is 14.4. The number of halogens is 1. The van der Waals surface area contributed by atoms with Gasteiger partial charge in [0.2, 0.25) is 0 Å². The van der Waals surface area contributed by atoms with E-state index in [9.17, 15) is 9.90 Å². The molecular formula is C15H22BrNO2. The molecule has 0 aromatic heterocycles. The Balaban J connectivity index is 2.63. The van der Waals surface area contributed by atoms with Crippen molar-refractivity contribution in [3.05, 3.63) is 29.3 Å². The number of carbonyl (C=O) groups excluding carboxylic acids is 1. The molecule has 1 atom stereocenters. The molecule has 106 valence electrons. The van der Waals surface area contributed by atoms with Gasteiger partial charge in [-0.15, -0.1) is 0 Å². The first-order valence-corrected chi connectivity index (χ1v) is 7.63. The summed E-state index contributed by atoms with van der Waals surface area (Å²) in [4.78, 5) is 12.4. The van der Waals surface area contributed by atoms with Crippen LogP contribution < -0.4 is 5.32 Å². The van der Waals surface area contributed by atoms with Crippen LogP contribution in [-0.2, 0) is 0 Å². The second-order valence-corrected chi connectivity index (χ2v) is 5.93. The highest BCUT2D eigenvalue weighted by molar-refractivity contribution is 9.09. The van der Waals surface area contributed by atoms with Crippen molar-refractivity contribution in [2.75, 3.05) is 6.54 Å². The van der Waals surface area contributed by atoms with E-state index in [0.717, 1.165) is 12.8 Å². The number of nitrogens with one attached hydrogen (secondary N) is 1. The van der Waals surface area contributed by atoms with Crippen LogP contribution in [0.2, 0.25) is 0 Å². The van der Waals surface area contributed by atoms with Gasteiger partial charge >= 0.3 is 0 Å². The first-order chi connectivity index (χ1) is 9.01. The van der Waals surface area contributed by atoms with Crippen molar-refractivity contribution in [3.63, 3.8) is 0 Å². The minimum absolute atomic E-state index is 0.135. The number of hydrogen-bond donors (Lipinski definition) is 2. The largest absolute Gasteiger partial charge is 0.508 e. The van der Waals surface area contributed by atoms with E-state index >= 15 is 0 Å². The molecular weight excluding hydrogens is 306 g/mol. The molecule has 0 aliphatic rings. The van der Waals surface area contributed by atoms with E-state index < -0.39 is 0 Å². The minimum Gasteiger partial charge on any atom is -0.508 e. The van der Waals surface area contributed by atoms with Crippen molar-refractivity contribution in [2.45, 2.75) is 38.4 Å². The van der Waals surface area contributed by atoms with Crippen LogP contribution in [0.1, 0.15) is 42.6 Å². The fraction of sp³-hybridized carbons (Fsp3) is 0.533. The molecule has 1 aromatic rings. The third-order valence-corrected chi connectivity index (χ3v) is 4.64. The van der Waals surface area contributed by atoms with Gasteiger partial charge in [-0.1, -0.05) is 48.7 Å². The molecule has 0 aliphatic heterocycles. The molecule has 0 radical (unpaired) electrons. The minimum atomic E-state index is -0.135. The highest BCUT2D eigenvalue weighted by Crippen LogP contribution is 2.21. The van der Waals surface area contributed by atoms with E-state index in [2.05, 4.69) is 35.1 Å². The number of hydrogen-bond acceptors (Lipinski definition) is 2. The number of benzene rings is 1. The maximum atomic E-state index is 12.1. The van der Waals surface area contributed by atoms with E-state index in [0.29, 0.717) is 23.6 Å². The summed E-state index contributed by atoms with van der Waals surface area (Å²) in [6.45, 7) is 6.66. The van der Waals surface area contributed by atoms with Gasteiger partial charge in [-0.3, -0.25) is 4.79 Å². The lowest BCUT2D eigenvalue weighted by Crippen LogP contribution is -2.33. The lowest BCUT2D eigenvalue weighted by Gasteiger charge is -2.20. The van der Waals surface area contributed by atoms with Crippen LogP contribution in [0, 0.1) is 12.8 Å². The first-order valence-electron chi connectivity index (χ1n) is 6.72. The van der Waals surface area contributed by atoms with Crippen LogP contribution in [0.3, 0.4) is 0 Å². The van der Waals surface area contributed by atoms with Gasteiger partial charge in [0.25, 0.3) is 5.91 Å². The van der Waals surface area contributed by atoms with E-state index in [1.54, 1.807) is 25.1 Å². The Bertz CT molecular complexity index is 430. The SMILES string of the molecule is CCC(CC)C(Br)CNC(=O)c1cccc(O)c1C. The fourth-order valence-corrected chi connectivity index (χ4v) is 3.03. The van der Waals surface area contributed by atoms with Gasteiger partial charge < -0.3 is 10.4 Å². The number of phenols is 1. The van der Waals surface area contributed by atoms with Gasteiger partial charge in [-0.05, 0) is 25.0 Å². The van der Waals surface area contributed by atoms with Crippen LogP contribution in [0.15, 0.2) is 18.2 Å². The summed E-state index contributed by atoms with van der Waals surface area (Å²) in [6.07, 6.45) is 2.18. The molecule has 0 aliphatic carbocycles. The maximum absolute atomic E-state index is 12.1. The number of aromatic hydroxyl groups is 1. The maximum Gasteiger partial charge on any atom is 0.251 e. The zero-order valence-corrected chi connectivity index (χ0v) is 13.3. The molecule has 3 nitrogen and oxygen atoms in total. The van der Waals surface area contributed by atoms with Gasteiger partial charge in [0.05, 0.1) is 0 Å². The molecule has 0 heterocycles. The summed E-state index contributed by atoms with van der Waals surface area (Å²) < 4.78 is 0. The number of rotatable bonds is 6. The smallest absolute Gasteiger partial charge is 0.251 e. The third-order valence-electron chi connectivity index (χ3n) is 3.57. The Morgan fingerprint density at radius 2 is 2.00 bits per heavy atom. The summed E-state index contributed by atoms with van der Waals surface area (Å²) in [5, 5.41) is 12.5. The molecule has 4 heteroatoms. The quantitative estimate of drug-likeness (QED) is 0.784. The highest BCUT2D eigenvalue weighted by Gasteiger charge is 2.17. The molecule has 2 N–H and O–H groups in total. The van der Waals surface area contributed by atoms with E-state index in [4.69, 9.17) is 0 Å². The van der Waals surface area contributed by atoms with Gasteiger partial charge in [-0.2, -0.15) is 0 Å². The topological polar surface area (TPSA) is 49.3 Å². The molecule has 0 saturated carbocycles. The number of amides is 1. The Labute approximate surface area is 123 Å². The summed E-state index contributed by atoms with van der Waals surface area (Å²) in [7, 11) is 0. The molecule has 1 aromatic carbocycles. The Morgan fingerprint density at radius 1 is 1.37 bits per heavy atom. The Morgan fingerprint density at radius 3 is 2.58 bits per heavy atom. The number of phenolic OH excluding ortho intramolecular Hbond substituents is 1. The molecule has 19 heavy (non-hydrogen) atoms. The molecule has 1 amide bonds. The average molecular weight is 328 g/mol. The standard InChI is InChI=1S/C15H22BrNO2/c1-4-11(5-2)13(16)9-17-15(19)12-7-6-8-14(18)10(12)3/h6-8,11,13,18H,4-5,9H2,1-3H3,(H,17,19). The normalized spacial score (nSPS) is 12.5. The summed E-state index contributed by atoms with van der Waals surface area (Å²) in [5.74, 6) is 0.581. The molecule has 1 rings (SSSR count). The van der Waals surface area contributed by atoms with E-state index in [-0.39, 0.29) is 16.5 Å². The molecule has 1 unspecified atom stereocenters. The van der Waals surface area contributed by atoms with Crippen LogP contribution >= 0.6 is 15.9 Å². The monoisotopic (exact) mass is 327 g/mol. The summed E-state index contributed by atoms with van der Waals surface area (Å²) >= 11 is 3.63. The van der Waals surface area contributed by atoms with Crippen molar-refractivity contribution in [2.24, 2.45) is 5.92 Å². The average Bonchev–Trinajstić information content (AvgIpc) is 2.40. The summed E-state index contributed by atoms with van der Waals surface area (Å²) in [6, 6.07) is 5.00. The highest BCUT2D eigenvalue weighted by atomic mass is 79.9. The second-order valence-electron chi connectivity index (χ2n) is 4.75. The molecule has 0 saturated heterocycles.